The number of ether oxygens (including phenoxy) is 1. The number of hydrogen-bond donors (Lipinski definition) is 1. The lowest BCUT2D eigenvalue weighted by molar-refractivity contribution is -0.158. The first kappa shape index (κ1) is 21.3. The normalized spacial score (nSPS) is 21.6. The van der Waals surface area contributed by atoms with Crippen molar-refractivity contribution in [2.45, 2.75) is 77.9 Å². The van der Waals surface area contributed by atoms with Crippen LogP contribution in [0.3, 0.4) is 0 Å². The van der Waals surface area contributed by atoms with Crippen molar-refractivity contribution in [2.75, 3.05) is 11.4 Å². The quantitative estimate of drug-likeness (QED) is 0.607. The van der Waals surface area contributed by atoms with Crippen LogP contribution in [-0.2, 0) is 19.1 Å². The summed E-state index contributed by atoms with van der Waals surface area (Å²) in [5.41, 5.74) is 2.97. The van der Waals surface area contributed by atoms with E-state index in [0.717, 1.165) is 42.5 Å². The number of nitrogens with zero attached hydrogens (tertiary/aromatic N) is 1. The molecule has 0 aromatic heterocycles. The zero-order chi connectivity index (χ0) is 21.0. The predicted molar refractivity (Wildman–Crippen MR) is 112 cm³/mol. The minimum Gasteiger partial charge on any atom is -0.452 e. The van der Waals surface area contributed by atoms with Gasteiger partial charge < -0.3 is 15.0 Å². The molecule has 3 rings (SSSR count). The van der Waals surface area contributed by atoms with Crippen LogP contribution in [0, 0.1) is 19.8 Å². The average molecular weight is 401 g/mol. The van der Waals surface area contributed by atoms with Crippen molar-refractivity contribution in [3.8, 4) is 0 Å². The summed E-state index contributed by atoms with van der Waals surface area (Å²) in [6.07, 6.45) is 5.89. The molecule has 0 unspecified atom stereocenters. The van der Waals surface area contributed by atoms with Gasteiger partial charge in [0.1, 0.15) is 0 Å². The van der Waals surface area contributed by atoms with Crippen molar-refractivity contribution < 1.29 is 19.1 Å². The molecule has 2 aliphatic rings. The monoisotopic (exact) mass is 400 g/mol. The van der Waals surface area contributed by atoms with Crippen LogP contribution >= 0.6 is 0 Å². The lowest BCUT2D eigenvalue weighted by atomic mass is 10.1. The van der Waals surface area contributed by atoms with Crippen molar-refractivity contribution in [3.63, 3.8) is 0 Å². The van der Waals surface area contributed by atoms with Crippen LogP contribution in [0.25, 0.3) is 0 Å². The van der Waals surface area contributed by atoms with Crippen LogP contribution in [0.4, 0.5) is 5.69 Å². The molecule has 1 saturated heterocycles. The van der Waals surface area contributed by atoms with Crippen LogP contribution in [-0.4, -0.2) is 36.5 Å². The van der Waals surface area contributed by atoms with Gasteiger partial charge in [-0.25, -0.2) is 0 Å². The highest BCUT2D eigenvalue weighted by atomic mass is 16.5. The van der Waals surface area contributed by atoms with E-state index < -0.39 is 18.0 Å². The van der Waals surface area contributed by atoms with E-state index in [0.29, 0.717) is 6.54 Å². The summed E-state index contributed by atoms with van der Waals surface area (Å²) in [6, 6.07) is 5.98. The van der Waals surface area contributed by atoms with Gasteiger partial charge in [-0.15, -0.1) is 0 Å². The van der Waals surface area contributed by atoms with Gasteiger partial charge in [-0.3, -0.25) is 14.4 Å². The van der Waals surface area contributed by atoms with E-state index in [2.05, 4.69) is 5.32 Å². The number of nitrogens with one attached hydrogen (secondary N) is 1. The smallest absolute Gasteiger partial charge is 0.312 e. The van der Waals surface area contributed by atoms with Gasteiger partial charge in [0, 0.05) is 24.7 Å². The maximum absolute atomic E-state index is 12.6. The SMILES string of the molecule is Cc1cccc(N2C[C@H](C(=O)O[C@@H](C)C(=O)NC3CCCCCC3)CC2=O)c1C. The minimum absolute atomic E-state index is 0.0868. The molecule has 29 heavy (non-hydrogen) atoms. The fourth-order valence-corrected chi connectivity index (χ4v) is 4.19. The van der Waals surface area contributed by atoms with Gasteiger partial charge in [-0.2, -0.15) is 0 Å². The van der Waals surface area contributed by atoms with Crippen LogP contribution < -0.4 is 10.2 Å². The second-order valence-corrected chi connectivity index (χ2v) is 8.40. The molecule has 6 heteroatoms. The number of hydrogen-bond acceptors (Lipinski definition) is 4. The molecule has 2 fully saturated rings. The van der Waals surface area contributed by atoms with E-state index in [4.69, 9.17) is 4.74 Å². The first-order chi connectivity index (χ1) is 13.9. The fourth-order valence-electron chi connectivity index (χ4n) is 4.19. The Kier molecular flexibility index (Phi) is 6.93. The Hall–Kier alpha value is -2.37. The van der Waals surface area contributed by atoms with E-state index >= 15 is 0 Å². The molecule has 1 aromatic rings. The number of esters is 1. The van der Waals surface area contributed by atoms with E-state index in [1.54, 1.807) is 11.8 Å². The van der Waals surface area contributed by atoms with Gasteiger partial charge in [0.05, 0.1) is 5.92 Å². The Bertz CT molecular complexity index is 768. The topological polar surface area (TPSA) is 75.7 Å². The van der Waals surface area contributed by atoms with Crippen molar-refractivity contribution in [1.29, 1.82) is 0 Å². The lowest BCUT2D eigenvalue weighted by Crippen LogP contribution is -2.42. The summed E-state index contributed by atoms with van der Waals surface area (Å²) in [5, 5.41) is 3.02. The highest BCUT2D eigenvalue weighted by Gasteiger charge is 2.38. The minimum atomic E-state index is -0.851. The van der Waals surface area contributed by atoms with Crippen LogP contribution in [0.1, 0.15) is 63.0 Å². The molecule has 1 saturated carbocycles. The number of amides is 2. The second-order valence-electron chi connectivity index (χ2n) is 8.40. The van der Waals surface area contributed by atoms with Gasteiger partial charge in [-0.1, -0.05) is 37.8 Å². The maximum Gasteiger partial charge on any atom is 0.312 e. The van der Waals surface area contributed by atoms with E-state index in [-0.39, 0.29) is 24.3 Å². The number of carbonyl (C=O) groups is 3. The van der Waals surface area contributed by atoms with Crippen molar-refractivity contribution >= 4 is 23.5 Å². The van der Waals surface area contributed by atoms with E-state index in [9.17, 15) is 14.4 Å². The molecule has 1 aromatic carbocycles. The third kappa shape index (κ3) is 5.17. The number of anilines is 1. The number of aryl methyl sites for hydroxylation is 1. The standard InChI is InChI=1S/C23H32N2O4/c1-15-9-8-12-20(16(15)2)25-14-18(13-21(25)26)23(28)29-17(3)22(27)24-19-10-6-4-5-7-11-19/h8-9,12,17-19H,4-7,10-11,13-14H2,1-3H3,(H,24,27)/t17-,18+/m0/s1. The fraction of sp³-hybridized carbons (Fsp3) is 0.609. The summed E-state index contributed by atoms with van der Waals surface area (Å²) in [6.45, 7) is 5.87. The molecule has 2 atom stereocenters. The molecular weight excluding hydrogens is 368 g/mol. The third-order valence-corrected chi connectivity index (χ3v) is 6.19. The average Bonchev–Trinajstić information content (AvgIpc) is 2.89. The van der Waals surface area contributed by atoms with Gasteiger partial charge in [0.25, 0.3) is 5.91 Å². The predicted octanol–water partition coefficient (Wildman–Crippen LogP) is 3.43. The Morgan fingerprint density at radius 3 is 2.52 bits per heavy atom. The molecule has 0 bridgehead atoms. The molecule has 1 N–H and O–H groups in total. The molecule has 6 nitrogen and oxygen atoms in total. The highest BCUT2D eigenvalue weighted by Crippen LogP contribution is 2.30. The maximum atomic E-state index is 12.6. The summed E-state index contributed by atoms with van der Waals surface area (Å²) in [7, 11) is 0. The molecule has 1 aliphatic carbocycles. The molecule has 0 radical (unpaired) electrons. The summed E-state index contributed by atoms with van der Waals surface area (Å²) < 4.78 is 5.43. The first-order valence-electron chi connectivity index (χ1n) is 10.7. The number of benzene rings is 1. The van der Waals surface area contributed by atoms with Gasteiger partial charge >= 0.3 is 5.97 Å². The molecule has 1 aliphatic heterocycles. The van der Waals surface area contributed by atoms with Gasteiger partial charge in [0.15, 0.2) is 6.10 Å². The first-order valence-corrected chi connectivity index (χ1v) is 10.7. The number of rotatable bonds is 5. The molecular formula is C23H32N2O4. The molecule has 0 spiro atoms. The number of carbonyl (C=O) groups excluding carboxylic acids is 3. The third-order valence-electron chi connectivity index (χ3n) is 6.19. The van der Waals surface area contributed by atoms with Gasteiger partial charge in [-0.05, 0) is 50.8 Å². The highest BCUT2D eigenvalue weighted by molar-refractivity contribution is 6.00. The zero-order valence-corrected chi connectivity index (χ0v) is 17.7. The van der Waals surface area contributed by atoms with Crippen molar-refractivity contribution in [1.82, 2.24) is 5.32 Å². The summed E-state index contributed by atoms with van der Waals surface area (Å²) in [4.78, 5) is 39.2. The second kappa shape index (κ2) is 9.42. The summed E-state index contributed by atoms with van der Waals surface area (Å²) in [5.74, 6) is -1.36. The summed E-state index contributed by atoms with van der Waals surface area (Å²) >= 11 is 0. The molecule has 2 amide bonds. The van der Waals surface area contributed by atoms with Crippen LogP contribution in [0.15, 0.2) is 18.2 Å². The van der Waals surface area contributed by atoms with Gasteiger partial charge in [0.2, 0.25) is 5.91 Å². The largest absolute Gasteiger partial charge is 0.452 e. The van der Waals surface area contributed by atoms with E-state index in [1.165, 1.54) is 12.8 Å². The van der Waals surface area contributed by atoms with Crippen LogP contribution in [0.5, 0.6) is 0 Å². The Morgan fingerprint density at radius 2 is 1.83 bits per heavy atom. The van der Waals surface area contributed by atoms with Crippen LogP contribution in [0.2, 0.25) is 0 Å². The van der Waals surface area contributed by atoms with Crippen molar-refractivity contribution in [2.24, 2.45) is 5.92 Å². The lowest BCUT2D eigenvalue weighted by Gasteiger charge is -2.21. The zero-order valence-electron chi connectivity index (χ0n) is 17.7. The van der Waals surface area contributed by atoms with Crippen molar-refractivity contribution in [3.05, 3.63) is 29.3 Å². The Balaban J connectivity index is 1.55. The Morgan fingerprint density at radius 1 is 1.14 bits per heavy atom. The molecule has 1 heterocycles. The molecule has 158 valence electrons. The Labute approximate surface area is 173 Å². The van der Waals surface area contributed by atoms with E-state index in [1.807, 2.05) is 32.0 Å².